The third-order valence-electron chi connectivity index (χ3n) is 3.77. The van der Waals surface area contributed by atoms with Gasteiger partial charge in [0, 0.05) is 6.54 Å². The first-order valence-corrected chi connectivity index (χ1v) is 7.35. The van der Waals surface area contributed by atoms with Crippen LogP contribution in [-0.4, -0.2) is 27.5 Å². The molecule has 0 aliphatic heterocycles. The van der Waals surface area contributed by atoms with Crippen LogP contribution in [0.15, 0.2) is 0 Å². The summed E-state index contributed by atoms with van der Waals surface area (Å²) in [7, 11) is 0. The topological polar surface area (TPSA) is 49.3 Å². The van der Waals surface area contributed by atoms with Crippen LogP contribution in [0.1, 0.15) is 52.9 Å². The Hall–Kier alpha value is 0.01000. The van der Waals surface area contributed by atoms with Gasteiger partial charge in [-0.25, -0.2) is 0 Å². The third-order valence-corrected chi connectivity index (χ3v) is 4.87. The van der Waals surface area contributed by atoms with Gasteiger partial charge in [0.1, 0.15) is 4.33 Å². The molecule has 1 amide bonds. The summed E-state index contributed by atoms with van der Waals surface area (Å²) < 4.78 is -0.954. The molecule has 2 N–H and O–H groups in total. The maximum Gasteiger partial charge on any atom is 0.229 e. The van der Waals surface area contributed by atoms with Gasteiger partial charge in [0.2, 0.25) is 5.91 Å². The Morgan fingerprint density at radius 2 is 1.78 bits per heavy atom. The fraction of sp³-hybridized carbons (Fsp3) is 0.923. The quantitative estimate of drug-likeness (QED) is 0.709. The fourth-order valence-corrected chi connectivity index (χ4v) is 3.02. The second-order valence-corrected chi connectivity index (χ2v) is 7.10. The van der Waals surface area contributed by atoms with Gasteiger partial charge in [0.05, 0.1) is 11.0 Å². The van der Waals surface area contributed by atoms with Crippen LogP contribution < -0.4 is 5.32 Å². The van der Waals surface area contributed by atoms with Gasteiger partial charge < -0.3 is 10.4 Å². The zero-order chi connectivity index (χ0) is 14.0. The van der Waals surface area contributed by atoms with E-state index in [0.717, 1.165) is 12.8 Å². The highest BCUT2D eigenvalue weighted by Crippen LogP contribution is 2.63. The number of nitrogens with one attached hydrogen (secondary N) is 1. The van der Waals surface area contributed by atoms with Crippen molar-refractivity contribution in [3.63, 3.8) is 0 Å². The van der Waals surface area contributed by atoms with Crippen molar-refractivity contribution in [2.75, 3.05) is 6.54 Å². The standard InChI is InChI=1S/C13H23Cl2NO2/c1-4-6-12(18,7-5-2)9-16-10(17)11(3)8-13(11,14)15/h18H,4-9H2,1-3H3,(H,16,17). The molecule has 0 heterocycles. The molecule has 0 aromatic carbocycles. The summed E-state index contributed by atoms with van der Waals surface area (Å²) >= 11 is 11.9. The molecule has 0 aromatic heterocycles. The van der Waals surface area contributed by atoms with Crippen LogP contribution >= 0.6 is 23.2 Å². The molecule has 1 fully saturated rings. The van der Waals surface area contributed by atoms with Gasteiger partial charge in [-0.05, 0) is 26.2 Å². The fourth-order valence-electron chi connectivity index (χ4n) is 2.32. The van der Waals surface area contributed by atoms with Crippen molar-refractivity contribution in [2.45, 2.75) is 62.8 Å². The number of aliphatic hydroxyl groups is 1. The van der Waals surface area contributed by atoms with Crippen LogP contribution in [0.4, 0.5) is 0 Å². The molecule has 1 unspecified atom stereocenters. The van der Waals surface area contributed by atoms with Crippen LogP contribution in [0.5, 0.6) is 0 Å². The molecule has 1 saturated carbocycles. The maximum absolute atomic E-state index is 12.0. The molecular weight excluding hydrogens is 273 g/mol. The van der Waals surface area contributed by atoms with Crippen LogP contribution in [0.25, 0.3) is 0 Å². The number of carbonyl (C=O) groups excluding carboxylic acids is 1. The maximum atomic E-state index is 12.0. The van der Waals surface area contributed by atoms with Crippen molar-refractivity contribution in [3.05, 3.63) is 0 Å². The predicted molar refractivity (Wildman–Crippen MR) is 74.9 cm³/mol. The minimum absolute atomic E-state index is 0.168. The normalized spacial score (nSPS) is 25.9. The molecule has 0 radical (unpaired) electrons. The molecule has 1 aliphatic carbocycles. The Morgan fingerprint density at radius 3 is 2.11 bits per heavy atom. The number of rotatable bonds is 7. The van der Waals surface area contributed by atoms with E-state index < -0.39 is 15.3 Å². The molecule has 18 heavy (non-hydrogen) atoms. The van der Waals surface area contributed by atoms with Gasteiger partial charge in [-0.3, -0.25) is 4.79 Å². The summed E-state index contributed by atoms with van der Waals surface area (Å²) in [5.74, 6) is -0.168. The van der Waals surface area contributed by atoms with Gasteiger partial charge in [0.15, 0.2) is 0 Å². The molecule has 0 bridgehead atoms. The highest BCUT2D eigenvalue weighted by molar-refractivity contribution is 6.53. The number of carbonyl (C=O) groups is 1. The second-order valence-electron chi connectivity index (χ2n) is 5.62. The van der Waals surface area contributed by atoms with Gasteiger partial charge in [-0.15, -0.1) is 23.2 Å². The minimum Gasteiger partial charge on any atom is -0.388 e. The van der Waals surface area contributed by atoms with E-state index in [0.29, 0.717) is 19.3 Å². The van der Waals surface area contributed by atoms with Crippen molar-refractivity contribution in [1.29, 1.82) is 0 Å². The summed E-state index contributed by atoms with van der Waals surface area (Å²) in [6, 6.07) is 0. The smallest absolute Gasteiger partial charge is 0.229 e. The van der Waals surface area contributed by atoms with Crippen molar-refractivity contribution in [3.8, 4) is 0 Å². The summed E-state index contributed by atoms with van der Waals surface area (Å²) in [5.41, 5.74) is -1.53. The van der Waals surface area contributed by atoms with Crippen molar-refractivity contribution >= 4 is 29.1 Å². The zero-order valence-corrected chi connectivity index (χ0v) is 12.9. The third kappa shape index (κ3) is 3.31. The lowest BCUT2D eigenvalue weighted by Crippen LogP contribution is -2.45. The summed E-state index contributed by atoms with van der Waals surface area (Å²) in [6.45, 7) is 6.06. The SMILES string of the molecule is CCCC(O)(CCC)CNC(=O)C1(C)CC1(Cl)Cl. The molecule has 0 saturated heterocycles. The zero-order valence-electron chi connectivity index (χ0n) is 11.4. The molecule has 106 valence electrons. The van der Waals surface area contributed by atoms with Crippen LogP contribution in [-0.2, 0) is 4.79 Å². The molecular formula is C13H23Cl2NO2. The number of hydrogen-bond acceptors (Lipinski definition) is 2. The lowest BCUT2D eigenvalue weighted by atomic mass is 9.92. The lowest BCUT2D eigenvalue weighted by molar-refractivity contribution is -0.127. The van der Waals surface area contributed by atoms with E-state index in [-0.39, 0.29) is 12.5 Å². The Kier molecular flexibility index (Phi) is 4.96. The Morgan fingerprint density at radius 1 is 1.33 bits per heavy atom. The molecule has 1 rings (SSSR count). The number of halogens is 2. The highest BCUT2D eigenvalue weighted by Gasteiger charge is 2.67. The van der Waals surface area contributed by atoms with E-state index in [1.165, 1.54) is 0 Å². The Labute approximate surface area is 119 Å². The van der Waals surface area contributed by atoms with E-state index >= 15 is 0 Å². The highest BCUT2D eigenvalue weighted by atomic mass is 35.5. The Balaban J connectivity index is 2.51. The van der Waals surface area contributed by atoms with E-state index in [1.54, 1.807) is 6.92 Å². The first-order valence-electron chi connectivity index (χ1n) is 6.59. The Bertz CT molecular complexity index is 314. The number of amides is 1. The van der Waals surface area contributed by atoms with Gasteiger partial charge >= 0.3 is 0 Å². The molecule has 1 aliphatic rings. The first-order chi connectivity index (χ1) is 8.21. The van der Waals surface area contributed by atoms with Crippen molar-refractivity contribution in [1.82, 2.24) is 5.32 Å². The molecule has 0 spiro atoms. The van der Waals surface area contributed by atoms with Crippen molar-refractivity contribution in [2.24, 2.45) is 5.41 Å². The second kappa shape index (κ2) is 5.56. The molecule has 0 aromatic rings. The number of alkyl halides is 2. The minimum atomic E-state index is -0.954. The van der Waals surface area contributed by atoms with E-state index in [9.17, 15) is 9.90 Å². The number of hydrogen-bond donors (Lipinski definition) is 2. The lowest BCUT2D eigenvalue weighted by Gasteiger charge is -2.28. The van der Waals surface area contributed by atoms with Gasteiger partial charge in [-0.2, -0.15) is 0 Å². The van der Waals surface area contributed by atoms with Crippen LogP contribution in [0.2, 0.25) is 0 Å². The molecule has 3 nitrogen and oxygen atoms in total. The largest absolute Gasteiger partial charge is 0.388 e. The summed E-state index contributed by atoms with van der Waals surface area (Å²) in [4.78, 5) is 12.0. The average Bonchev–Trinajstić information content (AvgIpc) is 2.77. The first kappa shape index (κ1) is 16.1. The monoisotopic (exact) mass is 295 g/mol. The van der Waals surface area contributed by atoms with Crippen LogP contribution in [0, 0.1) is 5.41 Å². The molecule has 1 atom stereocenters. The van der Waals surface area contributed by atoms with E-state index in [4.69, 9.17) is 23.2 Å². The summed E-state index contributed by atoms with van der Waals surface area (Å²) in [6.07, 6.45) is 3.61. The van der Waals surface area contributed by atoms with E-state index in [2.05, 4.69) is 5.32 Å². The average molecular weight is 296 g/mol. The molecule has 5 heteroatoms. The van der Waals surface area contributed by atoms with Crippen molar-refractivity contribution < 1.29 is 9.90 Å². The van der Waals surface area contributed by atoms with Gasteiger partial charge in [-0.1, -0.05) is 26.7 Å². The predicted octanol–water partition coefficient (Wildman–Crippen LogP) is 3.02. The van der Waals surface area contributed by atoms with E-state index in [1.807, 2.05) is 13.8 Å². The van der Waals surface area contributed by atoms with Crippen LogP contribution in [0.3, 0.4) is 0 Å². The van der Waals surface area contributed by atoms with Gasteiger partial charge in [0.25, 0.3) is 0 Å². The summed E-state index contributed by atoms with van der Waals surface area (Å²) in [5, 5.41) is 13.2.